The van der Waals surface area contributed by atoms with Gasteiger partial charge in [0.25, 0.3) is 0 Å². The molecule has 0 aromatic carbocycles. The zero-order valence-corrected chi connectivity index (χ0v) is 5.53. The normalized spacial score (nSPS) is 53.4. The zero-order chi connectivity index (χ0) is 6.72. The van der Waals surface area contributed by atoms with Crippen LogP contribution >= 0.6 is 0 Å². The van der Waals surface area contributed by atoms with Crippen molar-refractivity contribution in [2.75, 3.05) is 0 Å². The van der Waals surface area contributed by atoms with E-state index >= 15 is 0 Å². The summed E-state index contributed by atoms with van der Waals surface area (Å²) in [7, 11) is 0. The van der Waals surface area contributed by atoms with E-state index in [4.69, 9.17) is 0 Å². The van der Waals surface area contributed by atoms with Gasteiger partial charge in [0.05, 0.1) is 0 Å². The molecule has 50 valence electrons. The fourth-order valence-corrected chi connectivity index (χ4v) is 2.41. The number of hydrogen-bond acceptors (Lipinski definition) is 1. The highest BCUT2D eigenvalue weighted by atomic mass is 16.1. The van der Waals surface area contributed by atoms with Gasteiger partial charge in [-0.2, -0.15) is 0 Å². The van der Waals surface area contributed by atoms with Crippen LogP contribution in [-0.4, -0.2) is 5.78 Å². The van der Waals surface area contributed by atoms with Crippen LogP contribution in [0.15, 0.2) is 24.3 Å². The molecule has 0 bridgehead atoms. The Morgan fingerprint density at radius 1 is 1.00 bits per heavy atom. The van der Waals surface area contributed by atoms with Crippen LogP contribution in [0, 0.1) is 23.7 Å². The Bertz CT molecular complexity index is 262. The summed E-state index contributed by atoms with van der Waals surface area (Å²) in [5.41, 5.74) is 0. The molecular weight excluding hydrogens is 124 g/mol. The maximum atomic E-state index is 11.1. The van der Waals surface area contributed by atoms with Crippen molar-refractivity contribution >= 4 is 5.78 Å². The van der Waals surface area contributed by atoms with Gasteiger partial charge in [0, 0.05) is 5.92 Å². The minimum absolute atomic E-state index is 0.356. The average molecular weight is 132 g/mol. The van der Waals surface area contributed by atoms with E-state index in [1.165, 1.54) is 0 Å². The first-order chi connectivity index (χ1) is 4.88. The highest BCUT2D eigenvalue weighted by molar-refractivity contribution is 5.96. The van der Waals surface area contributed by atoms with E-state index in [2.05, 4.69) is 18.2 Å². The molecule has 0 saturated heterocycles. The second kappa shape index (κ2) is 1.26. The second-order valence-corrected chi connectivity index (χ2v) is 3.40. The molecule has 1 heteroatoms. The summed E-state index contributed by atoms with van der Waals surface area (Å²) in [5.74, 6) is 2.65. The largest absolute Gasteiger partial charge is 0.295 e. The molecule has 3 aliphatic rings. The summed E-state index contributed by atoms with van der Waals surface area (Å²) in [6, 6.07) is 0. The van der Waals surface area contributed by atoms with Gasteiger partial charge in [0.2, 0.25) is 0 Å². The molecule has 1 saturated carbocycles. The second-order valence-electron chi connectivity index (χ2n) is 3.40. The maximum Gasteiger partial charge on any atom is 0.159 e. The molecule has 4 atom stereocenters. The van der Waals surface area contributed by atoms with Gasteiger partial charge in [-0.3, -0.25) is 4.79 Å². The lowest BCUT2D eigenvalue weighted by molar-refractivity contribution is -0.125. The van der Waals surface area contributed by atoms with E-state index in [9.17, 15) is 4.79 Å². The first-order valence-corrected chi connectivity index (χ1v) is 3.78. The summed E-state index contributed by atoms with van der Waals surface area (Å²) in [5, 5.41) is 0. The Morgan fingerprint density at radius 2 is 1.70 bits per heavy atom. The van der Waals surface area contributed by atoms with Crippen LogP contribution in [0.5, 0.6) is 0 Å². The molecule has 10 heavy (non-hydrogen) atoms. The Kier molecular flexibility index (Phi) is 0.618. The van der Waals surface area contributed by atoms with E-state index in [0.29, 0.717) is 23.5 Å². The molecule has 0 aliphatic heterocycles. The van der Waals surface area contributed by atoms with Crippen LogP contribution < -0.4 is 0 Å². The highest BCUT2D eigenvalue weighted by Crippen LogP contribution is 2.56. The molecular formula is C9H8O. The topological polar surface area (TPSA) is 17.1 Å². The number of carbonyl (C=O) groups excluding carboxylic acids is 1. The molecule has 0 radical (unpaired) electrons. The molecule has 3 rings (SSSR count). The van der Waals surface area contributed by atoms with Crippen molar-refractivity contribution in [2.24, 2.45) is 23.7 Å². The Labute approximate surface area is 59.4 Å². The first kappa shape index (κ1) is 4.89. The molecule has 1 fully saturated rings. The lowest BCUT2D eigenvalue weighted by Crippen LogP contribution is -2.49. The van der Waals surface area contributed by atoms with Gasteiger partial charge in [-0.1, -0.05) is 18.2 Å². The van der Waals surface area contributed by atoms with Gasteiger partial charge in [0.1, 0.15) is 0 Å². The predicted octanol–water partition coefficient (Wildman–Crippen LogP) is 1.17. The molecule has 0 heterocycles. The van der Waals surface area contributed by atoms with E-state index in [-0.39, 0.29) is 0 Å². The summed E-state index contributed by atoms with van der Waals surface area (Å²) in [6.45, 7) is 0. The predicted molar refractivity (Wildman–Crippen MR) is 37.2 cm³/mol. The number of fused-ring (bicyclic) bond motifs is 4. The lowest BCUT2D eigenvalue weighted by atomic mass is 9.52. The lowest BCUT2D eigenvalue weighted by Gasteiger charge is -2.50. The monoisotopic (exact) mass is 132 g/mol. The third kappa shape index (κ3) is 0.318. The van der Waals surface area contributed by atoms with E-state index in [1.807, 2.05) is 0 Å². The van der Waals surface area contributed by atoms with Gasteiger partial charge in [-0.05, 0) is 23.8 Å². The summed E-state index contributed by atoms with van der Waals surface area (Å²) < 4.78 is 0. The van der Waals surface area contributed by atoms with Crippen molar-refractivity contribution in [2.45, 2.75) is 0 Å². The minimum atomic E-state index is 0.356. The van der Waals surface area contributed by atoms with E-state index < -0.39 is 0 Å². The molecule has 0 N–H and O–H groups in total. The molecule has 0 aromatic rings. The van der Waals surface area contributed by atoms with Crippen molar-refractivity contribution < 1.29 is 4.79 Å². The van der Waals surface area contributed by atoms with Gasteiger partial charge < -0.3 is 0 Å². The molecule has 0 spiro atoms. The van der Waals surface area contributed by atoms with Gasteiger partial charge in [-0.15, -0.1) is 0 Å². The quantitative estimate of drug-likeness (QED) is 0.452. The van der Waals surface area contributed by atoms with Crippen molar-refractivity contribution in [3.05, 3.63) is 24.3 Å². The Hall–Kier alpha value is -0.850. The van der Waals surface area contributed by atoms with Crippen LogP contribution in [-0.2, 0) is 4.79 Å². The van der Waals surface area contributed by atoms with Gasteiger partial charge in [-0.25, -0.2) is 0 Å². The Balaban J connectivity index is 2.03. The van der Waals surface area contributed by atoms with E-state index in [0.717, 1.165) is 5.92 Å². The summed E-state index contributed by atoms with van der Waals surface area (Å²) in [6.07, 6.45) is 8.25. The van der Waals surface area contributed by atoms with Crippen LogP contribution in [0.3, 0.4) is 0 Å². The zero-order valence-electron chi connectivity index (χ0n) is 5.53. The van der Waals surface area contributed by atoms with Crippen molar-refractivity contribution in [1.29, 1.82) is 0 Å². The van der Waals surface area contributed by atoms with Crippen LogP contribution in [0.4, 0.5) is 0 Å². The van der Waals surface area contributed by atoms with Gasteiger partial charge in [0.15, 0.2) is 5.78 Å². The molecule has 0 aromatic heterocycles. The van der Waals surface area contributed by atoms with Crippen LogP contribution in [0.2, 0.25) is 0 Å². The van der Waals surface area contributed by atoms with Crippen molar-refractivity contribution in [1.82, 2.24) is 0 Å². The van der Waals surface area contributed by atoms with Crippen molar-refractivity contribution in [3.63, 3.8) is 0 Å². The fourth-order valence-electron chi connectivity index (χ4n) is 2.41. The molecule has 4 unspecified atom stereocenters. The summed E-state index contributed by atoms with van der Waals surface area (Å²) >= 11 is 0. The maximum absolute atomic E-state index is 11.1. The third-order valence-electron chi connectivity index (χ3n) is 3.09. The van der Waals surface area contributed by atoms with Crippen LogP contribution in [0.1, 0.15) is 0 Å². The molecule has 0 amide bonds. The first-order valence-electron chi connectivity index (χ1n) is 3.78. The smallest absolute Gasteiger partial charge is 0.159 e. The summed E-state index contributed by atoms with van der Waals surface area (Å²) in [4.78, 5) is 11.1. The average Bonchev–Trinajstić information content (AvgIpc) is 2.14. The number of ketones is 1. The Morgan fingerprint density at radius 3 is 2.30 bits per heavy atom. The molecule has 1 nitrogen and oxygen atoms in total. The number of carbonyl (C=O) groups is 1. The van der Waals surface area contributed by atoms with Crippen molar-refractivity contribution in [3.8, 4) is 0 Å². The van der Waals surface area contributed by atoms with E-state index in [1.54, 1.807) is 6.08 Å². The fraction of sp³-hybridized carbons (Fsp3) is 0.444. The SMILES string of the molecule is O=C1C=CC2C3C=CC3C12. The highest BCUT2D eigenvalue weighted by Gasteiger charge is 2.55. The standard InChI is InChI=1S/C9H8O/c10-8-4-3-7-5-1-2-6(5)9(7)8/h1-7,9H. The number of rotatable bonds is 0. The van der Waals surface area contributed by atoms with Gasteiger partial charge >= 0.3 is 0 Å². The molecule has 3 aliphatic carbocycles. The third-order valence-corrected chi connectivity index (χ3v) is 3.09. The van der Waals surface area contributed by atoms with Crippen LogP contribution in [0.25, 0.3) is 0 Å². The minimum Gasteiger partial charge on any atom is -0.295 e. The number of allylic oxidation sites excluding steroid dienone is 4. The number of hydrogen-bond donors (Lipinski definition) is 0.